The molecule has 4 amide bonds. The van der Waals surface area contributed by atoms with Crippen LogP contribution in [0.5, 0.6) is 5.75 Å². The highest BCUT2D eigenvalue weighted by molar-refractivity contribution is 5.95. The number of urea groups is 1. The van der Waals surface area contributed by atoms with Gasteiger partial charge in [0.05, 0.1) is 37.0 Å². The summed E-state index contributed by atoms with van der Waals surface area (Å²) in [5.41, 5.74) is -1.38. The lowest BCUT2D eigenvalue weighted by Crippen LogP contribution is -2.68. The summed E-state index contributed by atoms with van der Waals surface area (Å²) in [7, 11) is 0. The number of carboxylic acids is 1. The van der Waals surface area contributed by atoms with Crippen LogP contribution in [0.25, 0.3) is 0 Å². The molecular formula is C36H55N5O11. The van der Waals surface area contributed by atoms with E-state index in [1.807, 2.05) is 0 Å². The molecule has 4 aliphatic rings. The molecule has 0 radical (unpaired) electrons. The van der Waals surface area contributed by atoms with Gasteiger partial charge in [0.15, 0.2) is 5.60 Å². The number of nitrogens with one attached hydrogen (secondary N) is 3. The Labute approximate surface area is 303 Å². The van der Waals surface area contributed by atoms with Crippen LogP contribution in [0, 0.1) is 13.8 Å². The van der Waals surface area contributed by atoms with Gasteiger partial charge in [0.25, 0.3) is 5.91 Å². The number of hydrogen-bond donors (Lipinski definition) is 8. The van der Waals surface area contributed by atoms with E-state index in [9.17, 15) is 44.7 Å². The van der Waals surface area contributed by atoms with Crippen LogP contribution < -0.4 is 16.0 Å². The summed E-state index contributed by atoms with van der Waals surface area (Å²) in [6.07, 6.45) is -1.16. The highest BCUT2D eigenvalue weighted by atomic mass is 16.6. The molecule has 1 aromatic rings. The van der Waals surface area contributed by atoms with E-state index in [0.29, 0.717) is 50.4 Å². The van der Waals surface area contributed by atoms with E-state index < -0.39 is 72.3 Å². The van der Waals surface area contributed by atoms with Gasteiger partial charge in [-0.15, -0.1) is 0 Å². The Hall–Kier alpha value is -3.54. The molecule has 5 rings (SSSR count). The molecule has 1 saturated carbocycles. The summed E-state index contributed by atoms with van der Waals surface area (Å²) >= 11 is 0. The fraction of sp³-hybridized carbons (Fsp3) is 0.722. The van der Waals surface area contributed by atoms with Gasteiger partial charge >= 0.3 is 12.0 Å². The second-order valence-corrected chi connectivity index (χ2v) is 15.1. The minimum absolute atomic E-state index is 0.0530. The third kappa shape index (κ3) is 8.80. The molecule has 16 nitrogen and oxygen atoms in total. The number of morpholine rings is 1. The molecule has 0 unspecified atom stereocenters. The number of aromatic hydroxyl groups is 1. The molecule has 1 spiro atoms. The van der Waals surface area contributed by atoms with Gasteiger partial charge in [-0.3, -0.25) is 14.5 Å². The Morgan fingerprint density at radius 1 is 1.04 bits per heavy atom. The molecule has 8 N–H and O–H groups in total. The molecule has 1 aliphatic carbocycles. The van der Waals surface area contributed by atoms with Crippen molar-refractivity contribution in [3.05, 3.63) is 28.8 Å². The molecular weight excluding hydrogens is 678 g/mol. The van der Waals surface area contributed by atoms with Gasteiger partial charge in [-0.25, -0.2) is 9.59 Å². The van der Waals surface area contributed by atoms with Crippen LogP contribution in [0.15, 0.2) is 12.1 Å². The first-order chi connectivity index (χ1) is 24.6. The first kappa shape index (κ1) is 39.7. The Balaban J connectivity index is 1.28. The first-order valence-electron chi connectivity index (χ1n) is 18.3. The standard InChI is InChI=1S/C36H55N5O11/c1-21-15-24(16-22(2)29(21)45)32(47)37-18-27(44)30(46)31-28(38-23(3)42)26(43)17-36(52-31,33(48)49)10-12-41-13-14-51-20-35(41)9-11-40(19-35)34(50)39-25-7-5-4-6-8-25/h15-16,25-28,30-31,43-46H,4-14,17-20H2,1-3H3,(H,37,47)(H,38,42)(H,39,50)(H,48,49)/t26-,27+,28+,30+,31+,35-,36+/m0/s1. The summed E-state index contributed by atoms with van der Waals surface area (Å²) in [5.74, 6) is -2.48. The lowest BCUT2D eigenvalue weighted by atomic mass is 9.81. The number of aryl methyl sites for hydroxylation is 2. The third-order valence-corrected chi connectivity index (χ3v) is 11.3. The monoisotopic (exact) mass is 733 g/mol. The maximum Gasteiger partial charge on any atom is 0.336 e. The summed E-state index contributed by atoms with van der Waals surface area (Å²) in [4.78, 5) is 55.1. The topological polar surface area (TPSA) is 230 Å². The second-order valence-electron chi connectivity index (χ2n) is 15.1. The number of ether oxygens (including phenoxy) is 2. The Kier molecular flexibility index (Phi) is 12.7. The van der Waals surface area contributed by atoms with Crippen molar-refractivity contribution in [1.29, 1.82) is 0 Å². The number of aliphatic hydroxyl groups is 3. The maximum absolute atomic E-state index is 13.2. The van der Waals surface area contributed by atoms with Crippen LogP contribution in [0.1, 0.15) is 79.8 Å². The third-order valence-electron chi connectivity index (χ3n) is 11.3. The number of amides is 4. The van der Waals surface area contributed by atoms with E-state index in [0.717, 1.165) is 25.7 Å². The highest BCUT2D eigenvalue weighted by Gasteiger charge is 2.55. The SMILES string of the molecule is CC(=O)N[C@H]1[C@H]([C@H](O)[C@H](O)CNC(=O)c2cc(C)c(O)c(C)c2)O[C@@](CCN2CCOC[C@@]23CCN(C(=O)NC2CCCCC2)C3)(C(=O)O)C[C@@H]1O. The Morgan fingerprint density at radius 2 is 1.73 bits per heavy atom. The number of phenolic OH excluding ortho intramolecular Hbond substituents is 1. The van der Waals surface area contributed by atoms with Gasteiger partial charge < -0.3 is 55.9 Å². The van der Waals surface area contributed by atoms with Crippen LogP contribution in [0.4, 0.5) is 4.79 Å². The van der Waals surface area contributed by atoms with Crippen molar-refractivity contribution < 1.29 is 54.2 Å². The summed E-state index contributed by atoms with van der Waals surface area (Å²) < 4.78 is 12.0. The van der Waals surface area contributed by atoms with Crippen LogP contribution in [-0.2, 0) is 19.1 Å². The molecule has 16 heteroatoms. The van der Waals surface area contributed by atoms with Crippen molar-refractivity contribution in [3.63, 3.8) is 0 Å². The zero-order valence-electron chi connectivity index (χ0n) is 30.3. The fourth-order valence-electron chi connectivity index (χ4n) is 8.24. The summed E-state index contributed by atoms with van der Waals surface area (Å²) in [6.45, 7) is 6.39. The molecule has 52 heavy (non-hydrogen) atoms. The largest absolute Gasteiger partial charge is 0.507 e. The summed E-state index contributed by atoms with van der Waals surface area (Å²) in [5, 5.41) is 62.6. The van der Waals surface area contributed by atoms with Crippen LogP contribution in [0.2, 0.25) is 0 Å². The quantitative estimate of drug-likeness (QED) is 0.152. The molecule has 3 heterocycles. The zero-order chi connectivity index (χ0) is 37.8. The van der Waals surface area contributed by atoms with Crippen molar-refractivity contribution >= 4 is 23.8 Å². The lowest BCUT2D eigenvalue weighted by Gasteiger charge is -2.49. The number of benzene rings is 1. The normalized spacial score (nSPS) is 29.7. The molecule has 0 bridgehead atoms. The molecule has 4 fully saturated rings. The minimum atomic E-state index is -2.01. The maximum atomic E-state index is 13.2. The number of nitrogens with zero attached hydrogens (tertiary/aromatic N) is 2. The van der Waals surface area contributed by atoms with Gasteiger partial charge in [-0.05, 0) is 56.4 Å². The second kappa shape index (κ2) is 16.6. The molecule has 7 atom stereocenters. The first-order valence-corrected chi connectivity index (χ1v) is 18.3. The van der Waals surface area contributed by atoms with Gasteiger partial charge in [0.2, 0.25) is 5.91 Å². The fourth-order valence-corrected chi connectivity index (χ4v) is 8.24. The van der Waals surface area contributed by atoms with Gasteiger partial charge in [0.1, 0.15) is 18.0 Å². The minimum Gasteiger partial charge on any atom is -0.507 e. The number of phenols is 1. The van der Waals surface area contributed by atoms with Crippen molar-refractivity contribution in [3.8, 4) is 5.75 Å². The van der Waals surface area contributed by atoms with Gasteiger partial charge in [-0.1, -0.05) is 19.3 Å². The van der Waals surface area contributed by atoms with Crippen molar-refractivity contribution in [2.24, 2.45) is 0 Å². The van der Waals surface area contributed by atoms with Gasteiger partial charge in [-0.2, -0.15) is 0 Å². The number of aliphatic hydroxyl groups excluding tert-OH is 3. The van der Waals surface area contributed by atoms with E-state index in [1.54, 1.807) is 18.7 Å². The number of aliphatic carboxylic acids is 1. The molecule has 0 aromatic heterocycles. The zero-order valence-corrected chi connectivity index (χ0v) is 30.3. The van der Waals surface area contributed by atoms with E-state index in [1.165, 1.54) is 25.5 Å². The average molecular weight is 734 g/mol. The van der Waals surface area contributed by atoms with Crippen molar-refractivity contribution in [1.82, 2.24) is 25.8 Å². The lowest BCUT2D eigenvalue weighted by molar-refractivity contribution is -0.231. The van der Waals surface area contributed by atoms with Crippen molar-refractivity contribution in [2.45, 2.75) is 120 Å². The highest BCUT2D eigenvalue weighted by Crippen LogP contribution is 2.38. The number of carbonyl (C=O) groups is 4. The van der Waals surface area contributed by atoms with E-state index in [-0.39, 0.29) is 36.4 Å². The van der Waals surface area contributed by atoms with Crippen LogP contribution >= 0.6 is 0 Å². The van der Waals surface area contributed by atoms with Crippen LogP contribution in [0.3, 0.4) is 0 Å². The number of carboxylic acid groups (broad SMARTS) is 1. The van der Waals surface area contributed by atoms with Gasteiger partial charge in [0, 0.05) is 64.1 Å². The van der Waals surface area contributed by atoms with E-state index >= 15 is 0 Å². The summed E-state index contributed by atoms with van der Waals surface area (Å²) in [6, 6.07) is 1.73. The van der Waals surface area contributed by atoms with Crippen molar-refractivity contribution in [2.75, 3.05) is 45.9 Å². The van der Waals surface area contributed by atoms with Crippen LogP contribution in [-0.4, -0.2) is 153 Å². The molecule has 290 valence electrons. The number of hydrogen-bond acceptors (Lipinski definition) is 11. The number of carbonyl (C=O) groups excluding carboxylic acids is 3. The molecule has 1 aromatic carbocycles. The smallest absolute Gasteiger partial charge is 0.336 e. The molecule has 3 saturated heterocycles. The predicted molar refractivity (Wildman–Crippen MR) is 187 cm³/mol. The Bertz CT molecular complexity index is 1450. The van der Waals surface area contributed by atoms with E-state index in [2.05, 4.69) is 20.9 Å². The van der Waals surface area contributed by atoms with E-state index in [4.69, 9.17) is 9.47 Å². The average Bonchev–Trinajstić information content (AvgIpc) is 3.54. The Morgan fingerprint density at radius 3 is 2.38 bits per heavy atom. The predicted octanol–water partition coefficient (Wildman–Crippen LogP) is 0.148. The molecule has 3 aliphatic heterocycles. The number of likely N-dealkylation sites (tertiary alicyclic amines) is 1. The number of rotatable bonds is 11.